The molecular weight excluding hydrogens is 337 g/mol. The summed E-state index contributed by atoms with van der Waals surface area (Å²) >= 11 is 0. The Labute approximate surface area is 151 Å². The summed E-state index contributed by atoms with van der Waals surface area (Å²) in [5.74, 6) is -0.397. The molecule has 0 aliphatic carbocycles. The van der Waals surface area contributed by atoms with Crippen molar-refractivity contribution in [3.8, 4) is 0 Å². The van der Waals surface area contributed by atoms with E-state index < -0.39 is 24.6 Å². The normalized spacial score (nSPS) is 25.4. The molecule has 1 saturated heterocycles. The minimum Gasteiger partial charge on any atom is -0.459 e. The van der Waals surface area contributed by atoms with Crippen molar-refractivity contribution in [2.24, 2.45) is 0 Å². The van der Waals surface area contributed by atoms with Crippen molar-refractivity contribution in [2.75, 3.05) is 25.9 Å². The van der Waals surface area contributed by atoms with E-state index in [1.165, 1.54) is 5.56 Å². The van der Waals surface area contributed by atoms with Crippen LogP contribution in [0, 0.1) is 0 Å². The van der Waals surface area contributed by atoms with Crippen LogP contribution < -0.4 is 0 Å². The Balaban J connectivity index is 2.12. The Hall–Kier alpha value is -1.16. The fourth-order valence-corrected chi connectivity index (χ4v) is 5.57. The molecule has 0 spiro atoms. The number of esters is 1. The fraction of sp³-hybridized carbons (Fsp3) is 0.632. The van der Waals surface area contributed by atoms with Gasteiger partial charge in [0.1, 0.15) is 11.3 Å². The van der Waals surface area contributed by atoms with E-state index in [-0.39, 0.29) is 0 Å². The molecule has 6 heteroatoms. The molecule has 2 rings (SSSR count). The molecule has 1 aliphatic heterocycles. The van der Waals surface area contributed by atoms with Crippen molar-refractivity contribution < 1.29 is 18.6 Å². The van der Waals surface area contributed by atoms with E-state index >= 15 is 0 Å². The maximum Gasteiger partial charge on any atom is 0.319 e. The lowest BCUT2D eigenvalue weighted by atomic mass is 10.2. The minimum atomic E-state index is -3.07. The van der Waals surface area contributed by atoms with Crippen LogP contribution >= 0.6 is 7.37 Å². The van der Waals surface area contributed by atoms with Crippen LogP contribution in [0.4, 0.5) is 0 Å². The quantitative estimate of drug-likeness (QED) is 0.583. The van der Waals surface area contributed by atoms with Crippen LogP contribution in [0.15, 0.2) is 30.3 Å². The Morgan fingerprint density at radius 2 is 1.92 bits per heavy atom. The molecule has 2 atom stereocenters. The van der Waals surface area contributed by atoms with E-state index in [2.05, 4.69) is 17.0 Å². The third-order valence-electron chi connectivity index (χ3n) is 4.20. The van der Waals surface area contributed by atoms with Gasteiger partial charge in [0.15, 0.2) is 0 Å². The van der Waals surface area contributed by atoms with Crippen molar-refractivity contribution in [1.82, 2.24) is 4.90 Å². The highest BCUT2D eigenvalue weighted by Gasteiger charge is 2.43. The predicted octanol–water partition coefficient (Wildman–Crippen LogP) is 3.92. The number of rotatable bonds is 5. The van der Waals surface area contributed by atoms with Crippen molar-refractivity contribution in [3.63, 3.8) is 0 Å². The summed E-state index contributed by atoms with van der Waals surface area (Å²) in [4.78, 5) is 14.9. The van der Waals surface area contributed by atoms with E-state index in [4.69, 9.17) is 9.26 Å². The van der Waals surface area contributed by atoms with Crippen LogP contribution in [0.2, 0.25) is 0 Å². The topological polar surface area (TPSA) is 55.8 Å². The van der Waals surface area contributed by atoms with Gasteiger partial charge < -0.3 is 9.26 Å². The third kappa shape index (κ3) is 5.95. The Bertz CT molecular complexity index is 612. The van der Waals surface area contributed by atoms with Gasteiger partial charge in [0.2, 0.25) is 7.37 Å². The molecule has 1 aromatic carbocycles. The first kappa shape index (κ1) is 20.2. The van der Waals surface area contributed by atoms with Crippen molar-refractivity contribution in [3.05, 3.63) is 35.9 Å². The molecule has 0 bridgehead atoms. The van der Waals surface area contributed by atoms with Gasteiger partial charge in [-0.25, -0.2) is 0 Å². The second-order valence-corrected chi connectivity index (χ2v) is 10.2. The molecule has 0 aromatic heterocycles. The van der Waals surface area contributed by atoms with Gasteiger partial charge in [-0.2, -0.15) is 0 Å². The number of benzene rings is 1. The third-order valence-corrected chi connectivity index (χ3v) is 7.13. The number of carbonyl (C=O) groups is 1. The average Bonchev–Trinajstić information content (AvgIpc) is 2.67. The Morgan fingerprint density at radius 1 is 1.24 bits per heavy atom. The second-order valence-electron chi connectivity index (χ2n) is 7.47. The monoisotopic (exact) mass is 367 g/mol. The fourth-order valence-electron chi connectivity index (χ4n) is 3.07. The van der Waals surface area contributed by atoms with E-state index in [1.807, 2.05) is 45.9 Å². The second kappa shape index (κ2) is 8.48. The van der Waals surface area contributed by atoms with Crippen LogP contribution in [0.5, 0.6) is 0 Å². The number of ether oxygens (including phenoxy) is 1. The lowest BCUT2D eigenvalue weighted by Gasteiger charge is -2.27. The molecule has 0 saturated carbocycles. The summed E-state index contributed by atoms with van der Waals surface area (Å²) in [5, 5.41) is 0. The van der Waals surface area contributed by atoms with Gasteiger partial charge in [0, 0.05) is 19.3 Å². The number of hydrogen-bond acceptors (Lipinski definition) is 5. The summed E-state index contributed by atoms with van der Waals surface area (Å²) in [5.41, 5.74) is -0.0543. The first-order chi connectivity index (χ1) is 11.7. The molecule has 0 N–H and O–H groups in total. The van der Waals surface area contributed by atoms with Crippen LogP contribution in [0.25, 0.3) is 0 Å². The molecule has 25 heavy (non-hydrogen) atoms. The Morgan fingerprint density at radius 3 is 2.52 bits per heavy atom. The minimum absolute atomic E-state index is 0.343. The summed E-state index contributed by atoms with van der Waals surface area (Å²) in [6.45, 7) is 9.79. The largest absolute Gasteiger partial charge is 0.459 e. The highest BCUT2D eigenvalue weighted by Crippen LogP contribution is 2.54. The van der Waals surface area contributed by atoms with Crippen molar-refractivity contribution in [2.45, 2.75) is 51.9 Å². The lowest BCUT2D eigenvalue weighted by molar-refractivity contribution is -0.154. The summed E-state index contributed by atoms with van der Waals surface area (Å²) in [6, 6.07) is 10.2. The summed E-state index contributed by atoms with van der Waals surface area (Å²) < 4.78 is 24.5. The molecule has 1 fully saturated rings. The molecule has 140 valence electrons. The van der Waals surface area contributed by atoms with Gasteiger partial charge in [-0.15, -0.1) is 0 Å². The van der Waals surface area contributed by atoms with E-state index in [0.29, 0.717) is 32.3 Å². The standard InChI is InChI=1S/C19H30NO4P/c1-5-23-25(22)14-13-20(15-16-9-7-6-8-10-16)12-11-17(25)18(21)24-19(2,3)4/h6-10,17H,5,11-15H2,1-4H3. The first-order valence-corrected chi connectivity index (χ1v) is 10.8. The van der Waals surface area contributed by atoms with Crippen LogP contribution in [-0.2, 0) is 25.2 Å². The molecule has 0 radical (unpaired) electrons. The van der Waals surface area contributed by atoms with Gasteiger partial charge in [-0.05, 0) is 46.2 Å². The van der Waals surface area contributed by atoms with Crippen LogP contribution in [-0.4, -0.2) is 48.0 Å². The first-order valence-electron chi connectivity index (χ1n) is 8.96. The van der Waals surface area contributed by atoms with Crippen LogP contribution in [0.3, 0.4) is 0 Å². The zero-order valence-corrected chi connectivity index (χ0v) is 16.6. The molecule has 5 nitrogen and oxygen atoms in total. The van der Waals surface area contributed by atoms with Gasteiger partial charge in [0.25, 0.3) is 0 Å². The molecule has 1 aliphatic rings. The van der Waals surface area contributed by atoms with Gasteiger partial charge in [-0.1, -0.05) is 30.3 Å². The maximum absolute atomic E-state index is 13.4. The number of hydrogen-bond donors (Lipinski definition) is 0. The SMILES string of the molecule is CCOP1(=O)CCN(Cc2ccccc2)CCC1C(=O)OC(C)(C)C. The van der Waals surface area contributed by atoms with E-state index in [0.717, 1.165) is 6.54 Å². The smallest absolute Gasteiger partial charge is 0.319 e. The maximum atomic E-state index is 13.4. The average molecular weight is 367 g/mol. The Kier molecular flexibility index (Phi) is 6.84. The lowest BCUT2D eigenvalue weighted by Crippen LogP contribution is -2.33. The molecular formula is C19H30NO4P. The number of carbonyl (C=O) groups excluding carboxylic acids is 1. The zero-order valence-electron chi connectivity index (χ0n) is 15.7. The number of nitrogens with zero attached hydrogens (tertiary/aromatic N) is 1. The predicted molar refractivity (Wildman–Crippen MR) is 100 cm³/mol. The molecule has 0 amide bonds. The highest BCUT2D eigenvalue weighted by atomic mass is 31.2. The van der Waals surface area contributed by atoms with Crippen LogP contribution in [0.1, 0.15) is 39.7 Å². The molecule has 2 unspecified atom stereocenters. The van der Waals surface area contributed by atoms with Crippen molar-refractivity contribution >= 4 is 13.3 Å². The van der Waals surface area contributed by atoms with Crippen molar-refractivity contribution in [1.29, 1.82) is 0 Å². The molecule has 1 aromatic rings. The summed E-state index contributed by atoms with van der Waals surface area (Å²) in [7, 11) is -3.07. The van der Waals surface area contributed by atoms with Gasteiger partial charge in [0.05, 0.1) is 6.61 Å². The van der Waals surface area contributed by atoms with E-state index in [1.54, 1.807) is 0 Å². The van der Waals surface area contributed by atoms with E-state index in [9.17, 15) is 9.36 Å². The molecule has 1 heterocycles. The zero-order chi connectivity index (χ0) is 18.5. The van der Waals surface area contributed by atoms with Gasteiger partial charge in [-0.3, -0.25) is 14.3 Å². The highest BCUT2D eigenvalue weighted by molar-refractivity contribution is 7.60. The summed E-state index contributed by atoms with van der Waals surface area (Å²) in [6.07, 6.45) is 0.886. The van der Waals surface area contributed by atoms with Gasteiger partial charge >= 0.3 is 5.97 Å².